The Morgan fingerprint density at radius 3 is 1.78 bits per heavy atom. The number of rotatable bonds is 1. The van der Waals surface area contributed by atoms with Crippen LogP contribution in [0.25, 0.3) is 0 Å². The first-order valence-electron chi connectivity index (χ1n) is 3.86. The molecule has 0 spiro atoms. The van der Waals surface area contributed by atoms with Gasteiger partial charge in [0.25, 0.3) is 0 Å². The standard InChI is InChI=1S/C9H17/c1-7(8-5-6-8)9(2,3)4/h8H,5-6H2,1-4H3. The molecule has 0 amide bonds. The van der Waals surface area contributed by atoms with Crippen LogP contribution in [-0.2, 0) is 0 Å². The van der Waals surface area contributed by atoms with E-state index in [-0.39, 0.29) is 0 Å². The third-order valence-electron chi connectivity index (χ3n) is 2.37. The summed E-state index contributed by atoms with van der Waals surface area (Å²) >= 11 is 0. The van der Waals surface area contributed by atoms with Crippen LogP contribution >= 0.6 is 0 Å². The van der Waals surface area contributed by atoms with Crippen LogP contribution in [-0.4, -0.2) is 0 Å². The van der Waals surface area contributed by atoms with Gasteiger partial charge in [-0.3, -0.25) is 0 Å². The van der Waals surface area contributed by atoms with Gasteiger partial charge < -0.3 is 0 Å². The predicted octanol–water partition coefficient (Wildman–Crippen LogP) is 3.04. The van der Waals surface area contributed by atoms with E-state index in [1.54, 1.807) is 5.92 Å². The quantitative estimate of drug-likeness (QED) is 0.505. The Kier molecular flexibility index (Phi) is 1.58. The van der Waals surface area contributed by atoms with Gasteiger partial charge >= 0.3 is 0 Å². The van der Waals surface area contributed by atoms with E-state index in [9.17, 15) is 0 Å². The molecule has 53 valence electrons. The summed E-state index contributed by atoms with van der Waals surface area (Å²) < 4.78 is 0. The summed E-state index contributed by atoms with van der Waals surface area (Å²) in [6.45, 7) is 9.22. The van der Waals surface area contributed by atoms with Gasteiger partial charge in [-0.1, -0.05) is 27.7 Å². The van der Waals surface area contributed by atoms with Crippen LogP contribution in [0.2, 0.25) is 0 Å². The van der Waals surface area contributed by atoms with Gasteiger partial charge in [-0.15, -0.1) is 0 Å². The largest absolute Gasteiger partial charge is 0.0596 e. The van der Waals surface area contributed by atoms with Crippen molar-refractivity contribution in [2.45, 2.75) is 40.5 Å². The molecule has 0 heteroatoms. The molecular formula is C9H17. The van der Waals surface area contributed by atoms with Gasteiger partial charge in [0, 0.05) is 0 Å². The molecule has 0 unspecified atom stereocenters. The Balaban J connectivity index is 2.40. The minimum Gasteiger partial charge on any atom is -0.0596 e. The molecule has 1 aliphatic rings. The van der Waals surface area contributed by atoms with E-state index >= 15 is 0 Å². The van der Waals surface area contributed by atoms with Crippen molar-refractivity contribution < 1.29 is 0 Å². The zero-order chi connectivity index (χ0) is 7.07. The van der Waals surface area contributed by atoms with Crippen molar-refractivity contribution in [1.29, 1.82) is 0 Å². The van der Waals surface area contributed by atoms with E-state index in [1.807, 2.05) is 0 Å². The minimum atomic E-state index is 0.459. The molecule has 1 saturated carbocycles. The summed E-state index contributed by atoms with van der Waals surface area (Å²) in [6, 6.07) is 0. The van der Waals surface area contributed by atoms with E-state index in [0.717, 1.165) is 5.92 Å². The van der Waals surface area contributed by atoms with Crippen LogP contribution in [0.4, 0.5) is 0 Å². The lowest BCUT2D eigenvalue weighted by atomic mass is 9.79. The van der Waals surface area contributed by atoms with Gasteiger partial charge in [0.05, 0.1) is 0 Å². The molecule has 0 aliphatic heterocycles. The molecule has 0 nitrogen and oxygen atoms in total. The van der Waals surface area contributed by atoms with Gasteiger partial charge in [0.2, 0.25) is 0 Å². The van der Waals surface area contributed by atoms with Crippen molar-refractivity contribution in [3.05, 3.63) is 5.92 Å². The maximum atomic E-state index is 2.31. The van der Waals surface area contributed by atoms with E-state index in [4.69, 9.17) is 0 Å². The third-order valence-corrected chi connectivity index (χ3v) is 2.37. The molecule has 0 aromatic carbocycles. The maximum absolute atomic E-state index is 2.31. The van der Waals surface area contributed by atoms with Crippen LogP contribution in [0.15, 0.2) is 0 Å². The Labute approximate surface area is 58.7 Å². The van der Waals surface area contributed by atoms with Crippen LogP contribution in [0.1, 0.15) is 40.5 Å². The van der Waals surface area contributed by atoms with E-state index < -0.39 is 0 Å². The Bertz CT molecular complexity index is 93.1. The Morgan fingerprint density at radius 1 is 1.22 bits per heavy atom. The highest BCUT2D eigenvalue weighted by Crippen LogP contribution is 2.46. The second kappa shape index (κ2) is 2.00. The normalized spacial score (nSPS) is 21.0. The molecule has 0 saturated heterocycles. The van der Waals surface area contributed by atoms with Crippen molar-refractivity contribution in [1.82, 2.24) is 0 Å². The number of hydrogen-bond acceptors (Lipinski definition) is 0. The lowest BCUT2D eigenvalue weighted by molar-refractivity contribution is 0.401. The molecule has 0 bridgehead atoms. The summed E-state index contributed by atoms with van der Waals surface area (Å²) in [7, 11) is 0. The molecule has 1 aliphatic carbocycles. The second-order valence-corrected chi connectivity index (χ2v) is 4.21. The molecule has 0 heterocycles. The highest BCUT2D eigenvalue weighted by Gasteiger charge is 2.35. The average Bonchev–Trinajstić information content (AvgIpc) is 2.40. The fourth-order valence-corrected chi connectivity index (χ4v) is 1.13. The molecular weight excluding hydrogens is 108 g/mol. The maximum Gasteiger partial charge on any atom is -0.0187 e. The van der Waals surface area contributed by atoms with Crippen molar-refractivity contribution in [2.75, 3.05) is 0 Å². The summed E-state index contributed by atoms with van der Waals surface area (Å²) in [5.41, 5.74) is 0.459. The molecule has 1 rings (SSSR count). The fraction of sp³-hybridized carbons (Fsp3) is 0.889. The van der Waals surface area contributed by atoms with Gasteiger partial charge in [-0.05, 0) is 30.1 Å². The Hall–Kier alpha value is 0. The van der Waals surface area contributed by atoms with Crippen molar-refractivity contribution in [3.63, 3.8) is 0 Å². The fourth-order valence-electron chi connectivity index (χ4n) is 1.13. The van der Waals surface area contributed by atoms with Gasteiger partial charge in [0.1, 0.15) is 0 Å². The van der Waals surface area contributed by atoms with E-state index in [2.05, 4.69) is 27.7 Å². The molecule has 0 atom stereocenters. The van der Waals surface area contributed by atoms with E-state index in [0.29, 0.717) is 5.41 Å². The Morgan fingerprint density at radius 2 is 1.67 bits per heavy atom. The summed E-state index contributed by atoms with van der Waals surface area (Å²) in [5, 5.41) is 0. The number of hydrogen-bond donors (Lipinski definition) is 0. The van der Waals surface area contributed by atoms with Crippen molar-refractivity contribution in [3.8, 4) is 0 Å². The lowest BCUT2D eigenvalue weighted by Crippen LogP contribution is -2.16. The van der Waals surface area contributed by atoms with Crippen LogP contribution < -0.4 is 0 Å². The molecule has 1 fully saturated rings. The van der Waals surface area contributed by atoms with Gasteiger partial charge in [-0.25, -0.2) is 0 Å². The predicted molar refractivity (Wildman–Crippen MR) is 41.1 cm³/mol. The van der Waals surface area contributed by atoms with Crippen molar-refractivity contribution in [2.24, 2.45) is 11.3 Å². The first kappa shape index (κ1) is 7.11. The van der Waals surface area contributed by atoms with Crippen molar-refractivity contribution >= 4 is 0 Å². The summed E-state index contributed by atoms with van der Waals surface area (Å²) in [6.07, 6.45) is 2.90. The van der Waals surface area contributed by atoms with Gasteiger partial charge in [-0.2, -0.15) is 0 Å². The van der Waals surface area contributed by atoms with Crippen LogP contribution in [0, 0.1) is 17.3 Å². The second-order valence-electron chi connectivity index (χ2n) is 4.21. The SMILES string of the molecule is C[C](C1CC1)C(C)(C)C. The first-order valence-corrected chi connectivity index (χ1v) is 3.86. The lowest BCUT2D eigenvalue weighted by Gasteiger charge is -2.26. The average molecular weight is 125 g/mol. The topological polar surface area (TPSA) is 0 Å². The summed E-state index contributed by atoms with van der Waals surface area (Å²) in [5.74, 6) is 2.67. The molecule has 0 aromatic rings. The summed E-state index contributed by atoms with van der Waals surface area (Å²) in [4.78, 5) is 0. The highest BCUT2D eigenvalue weighted by molar-refractivity contribution is 5.07. The zero-order valence-corrected chi connectivity index (χ0v) is 6.99. The zero-order valence-electron chi connectivity index (χ0n) is 6.99. The third kappa shape index (κ3) is 1.70. The molecule has 9 heavy (non-hydrogen) atoms. The smallest absolute Gasteiger partial charge is 0.0187 e. The molecule has 0 aromatic heterocycles. The van der Waals surface area contributed by atoms with Crippen LogP contribution in [0.3, 0.4) is 0 Å². The monoisotopic (exact) mass is 125 g/mol. The minimum absolute atomic E-state index is 0.459. The molecule has 0 N–H and O–H groups in total. The van der Waals surface area contributed by atoms with E-state index in [1.165, 1.54) is 12.8 Å². The van der Waals surface area contributed by atoms with Gasteiger partial charge in [0.15, 0.2) is 0 Å². The highest BCUT2D eigenvalue weighted by atomic mass is 14.4. The van der Waals surface area contributed by atoms with Crippen LogP contribution in [0.5, 0.6) is 0 Å². The molecule has 1 radical (unpaired) electrons. The first-order chi connectivity index (χ1) is 4.02.